The lowest BCUT2D eigenvalue weighted by Crippen LogP contribution is -2.34. The molecule has 0 saturated carbocycles. The molecule has 1 aromatic rings. The number of nitrogens with zero attached hydrogens (tertiary/aromatic N) is 3. The van der Waals surface area contributed by atoms with E-state index in [4.69, 9.17) is 5.26 Å². The van der Waals surface area contributed by atoms with Crippen LogP contribution in [0.4, 0.5) is 0 Å². The van der Waals surface area contributed by atoms with Crippen LogP contribution < -0.4 is 5.32 Å². The summed E-state index contributed by atoms with van der Waals surface area (Å²) in [5.74, 6) is 0.360. The van der Waals surface area contributed by atoms with Gasteiger partial charge < -0.3 is 5.32 Å². The minimum atomic E-state index is -0.346. The number of hydrogen-bond acceptors (Lipinski definition) is 4. The predicted molar refractivity (Wildman–Crippen MR) is 52.9 cm³/mol. The Labute approximate surface area is 87.7 Å². The molecule has 0 radical (unpaired) electrons. The highest BCUT2D eigenvalue weighted by molar-refractivity contribution is 5.90. The maximum atomic E-state index is 11.5. The van der Waals surface area contributed by atoms with Crippen molar-refractivity contribution in [3.8, 4) is 6.07 Å². The highest BCUT2D eigenvalue weighted by Gasteiger charge is 2.15. The molecule has 6 nitrogen and oxygen atoms in total. The van der Waals surface area contributed by atoms with Crippen LogP contribution in [0.15, 0.2) is 0 Å². The molecule has 1 atom stereocenters. The molecule has 1 heterocycles. The molecule has 0 saturated heterocycles. The minimum absolute atomic E-state index is 0.115. The van der Waals surface area contributed by atoms with Crippen LogP contribution in [0.25, 0.3) is 0 Å². The normalized spacial score (nSPS) is 11.8. The molecule has 80 valence electrons. The van der Waals surface area contributed by atoms with Crippen LogP contribution in [0.3, 0.4) is 0 Å². The van der Waals surface area contributed by atoms with Crippen LogP contribution in [0.2, 0.25) is 0 Å². The number of carbonyl (C=O) groups excluding carboxylic acids is 1. The van der Waals surface area contributed by atoms with Gasteiger partial charge in [0.2, 0.25) is 5.82 Å². The molecule has 0 aliphatic carbocycles. The first-order valence-corrected chi connectivity index (χ1v) is 4.74. The standard InChI is InChI=1S/C9H13N5O/c1-3-7(4-5-10)12-9(15)8-11-6(2)13-14-8/h7H,3-4H2,1-2H3,(H,12,15)(H,11,13,14). The number of aromatic nitrogens is 3. The second-order valence-electron chi connectivity index (χ2n) is 3.19. The number of amides is 1. The number of nitrogens with one attached hydrogen (secondary N) is 2. The number of hydrogen-bond donors (Lipinski definition) is 2. The number of nitriles is 1. The van der Waals surface area contributed by atoms with Gasteiger partial charge in [-0.05, 0) is 13.3 Å². The number of aromatic amines is 1. The molecule has 0 aliphatic rings. The molecule has 0 bridgehead atoms. The summed E-state index contributed by atoms with van der Waals surface area (Å²) in [5, 5.41) is 17.5. The molecule has 0 aliphatic heterocycles. The van der Waals surface area contributed by atoms with Crippen molar-refractivity contribution < 1.29 is 4.79 Å². The fourth-order valence-electron chi connectivity index (χ4n) is 1.10. The maximum absolute atomic E-state index is 11.5. The van der Waals surface area contributed by atoms with Crippen LogP contribution in [-0.2, 0) is 0 Å². The summed E-state index contributed by atoms with van der Waals surface area (Å²) in [4.78, 5) is 15.4. The van der Waals surface area contributed by atoms with Crippen molar-refractivity contribution in [2.24, 2.45) is 0 Å². The second kappa shape index (κ2) is 5.10. The molecule has 2 N–H and O–H groups in total. The van der Waals surface area contributed by atoms with Crippen molar-refractivity contribution in [1.29, 1.82) is 5.26 Å². The number of H-pyrrole nitrogens is 1. The summed E-state index contributed by atoms with van der Waals surface area (Å²) in [7, 11) is 0. The topological polar surface area (TPSA) is 94.5 Å². The number of carbonyl (C=O) groups is 1. The van der Waals surface area contributed by atoms with Crippen molar-refractivity contribution in [3.05, 3.63) is 11.6 Å². The van der Waals surface area contributed by atoms with Crippen molar-refractivity contribution in [1.82, 2.24) is 20.5 Å². The lowest BCUT2D eigenvalue weighted by molar-refractivity contribution is 0.0926. The van der Waals surface area contributed by atoms with E-state index in [-0.39, 0.29) is 17.8 Å². The summed E-state index contributed by atoms with van der Waals surface area (Å²) in [6, 6.07) is 1.88. The maximum Gasteiger partial charge on any atom is 0.291 e. The Morgan fingerprint density at radius 1 is 1.73 bits per heavy atom. The molecular formula is C9H13N5O. The van der Waals surface area contributed by atoms with Gasteiger partial charge in [0.05, 0.1) is 12.5 Å². The van der Waals surface area contributed by atoms with Gasteiger partial charge in [-0.2, -0.15) is 5.26 Å². The molecule has 6 heteroatoms. The Bertz CT molecular complexity index is 378. The van der Waals surface area contributed by atoms with Crippen LogP contribution in [0, 0.1) is 18.3 Å². The van der Waals surface area contributed by atoms with E-state index in [2.05, 4.69) is 20.5 Å². The molecule has 1 aromatic heterocycles. The third-order valence-corrected chi connectivity index (χ3v) is 1.97. The highest BCUT2D eigenvalue weighted by Crippen LogP contribution is 1.98. The number of rotatable bonds is 4. The Hall–Kier alpha value is -1.90. The molecule has 1 unspecified atom stereocenters. The first-order valence-electron chi connectivity index (χ1n) is 4.74. The Morgan fingerprint density at radius 3 is 2.93 bits per heavy atom. The van der Waals surface area contributed by atoms with Crippen molar-refractivity contribution in [3.63, 3.8) is 0 Å². The average Bonchev–Trinajstić information content (AvgIpc) is 2.64. The molecule has 1 rings (SSSR count). The SMILES string of the molecule is CCC(CC#N)NC(=O)c1n[nH]c(C)n1. The van der Waals surface area contributed by atoms with Crippen LogP contribution in [0.1, 0.15) is 36.2 Å². The van der Waals surface area contributed by atoms with Gasteiger partial charge in [0.25, 0.3) is 5.91 Å². The van der Waals surface area contributed by atoms with E-state index in [0.717, 1.165) is 0 Å². The first kappa shape index (κ1) is 11.2. The highest BCUT2D eigenvalue weighted by atomic mass is 16.2. The smallest absolute Gasteiger partial charge is 0.291 e. The fourth-order valence-corrected chi connectivity index (χ4v) is 1.10. The predicted octanol–water partition coefficient (Wildman–Crippen LogP) is 0.535. The average molecular weight is 207 g/mol. The molecule has 15 heavy (non-hydrogen) atoms. The second-order valence-corrected chi connectivity index (χ2v) is 3.19. The summed E-state index contributed by atoms with van der Waals surface area (Å²) in [5.41, 5.74) is 0. The van der Waals surface area contributed by atoms with E-state index in [1.165, 1.54) is 0 Å². The zero-order chi connectivity index (χ0) is 11.3. The quantitative estimate of drug-likeness (QED) is 0.753. The van der Waals surface area contributed by atoms with Crippen molar-refractivity contribution in [2.75, 3.05) is 0 Å². The van der Waals surface area contributed by atoms with Crippen molar-refractivity contribution in [2.45, 2.75) is 32.7 Å². The summed E-state index contributed by atoms with van der Waals surface area (Å²) >= 11 is 0. The molecule has 0 spiro atoms. The van der Waals surface area contributed by atoms with Gasteiger partial charge in [-0.15, -0.1) is 5.10 Å². The van der Waals surface area contributed by atoms with E-state index in [1.54, 1.807) is 6.92 Å². The van der Waals surface area contributed by atoms with E-state index < -0.39 is 0 Å². The minimum Gasteiger partial charge on any atom is -0.345 e. The van der Waals surface area contributed by atoms with Gasteiger partial charge in [0.1, 0.15) is 5.82 Å². The van der Waals surface area contributed by atoms with E-state index in [1.807, 2.05) is 13.0 Å². The summed E-state index contributed by atoms with van der Waals surface area (Å²) in [6.45, 7) is 3.63. The van der Waals surface area contributed by atoms with Gasteiger partial charge in [0.15, 0.2) is 0 Å². The van der Waals surface area contributed by atoms with E-state index in [0.29, 0.717) is 18.7 Å². The van der Waals surface area contributed by atoms with Gasteiger partial charge >= 0.3 is 0 Å². The first-order chi connectivity index (χ1) is 7.17. The molecule has 1 amide bonds. The summed E-state index contributed by atoms with van der Waals surface area (Å²) < 4.78 is 0. The summed E-state index contributed by atoms with van der Waals surface area (Å²) in [6.07, 6.45) is 1.01. The monoisotopic (exact) mass is 207 g/mol. The van der Waals surface area contributed by atoms with Gasteiger partial charge in [0, 0.05) is 6.04 Å². The van der Waals surface area contributed by atoms with E-state index in [9.17, 15) is 4.79 Å². The zero-order valence-electron chi connectivity index (χ0n) is 8.74. The zero-order valence-corrected chi connectivity index (χ0v) is 8.74. The largest absolute Gasteiger partial charge is 0.345 e. The lowest BCUT2D eigenvalue weighted by Gasteiger charge is -2.11. The van der Waals surface area contributed by atoms with Gasteiger partial charge in [-0.25, -0.2) is 4.98 Å². The third-order valence-electron chi connectivity index (χ3n) is 1.97. The Balaban J connectivity index is 2.59. The molecule has 0 aromatic carbocycles. The van der Waals surface area contributed by atoms with Crippen molar-refractivity contribution >= 4 is 5.91 Å². The number of aryl methyl sites for hydroxylation is 1. The Kier molecular flexibility index (Phi) is 3.80. The van der Waals surface area contributed by atoms with Crippen LogP contribution >= 0.6 is 0 Å². The third kappa shape index (κ3) is 3.06. The Morgan fingerprint density at radius 2 is 2.47 bits per heavy atom. The lowest BCUT2D eigenvalue weighted by atomic mass is 10.1. The van der Waals surface area contributed by atoms with Crippen LogP contribution in [-0.4, -0.2) is 27.1 Å². The van der Waals surface area contributed by atoms with Gasteiger partial charge in [-0.3, -0.25) is 9.89 Å². The van der Waals surface area contributed by atoms with E-state index >= 15 is 0 Å². The van der Waals surface area contributed by atoms with Gasteiger partial charge in [-0.1, -0.05) is 6.92 Å². The van der Waals surface area contributed by atoms with Crippen LogP contribution in [0.5, 0.6) is 0 Å². The molecule has 0 fully saturated rings. The fraction of sp³-hybridized carbons (Fsp3) is 0.556. The molecular weight excluding hydrogens is 194 g/mol.